The summed E-state index contributed by atoms with van der Waals surface area (Å²) in [6.45, 7) is 6.07. The van der Waals surface area contributed by atoms with Crippen LogP contribution in [-0.4, -0.2) is 24.9 Å². The van der Waals surface area contributed by atoms with Crippen molar-refractivity contribution in [3.05, 3.63) is 35.8 Å². The summed E-state index contributed by atoms with van der Waals surface area (Å²) >= 11 is 0. The highest BCUT2D eigenvalue weighted by atomic mass is 32.2. The van der Waals surface area contributed by atoms with Crippen LogP contribution in [0.3, 0.4) is 0 Å². The Morgan fingerprint density at radius 2 is 2.09 bits per heavy atom. The Balaban J connectivity index is 2.09. The summed E-state index contributed by atoms with van der Waals surface area (Å²) in [4.78, 5) is 13.3. The lowest BCUT2D eigenvalue weighted by molar-refractivity contribution is 0.540. The molecule has 0 amide bonds. The number of aryl methyl sites for hydroxylation is 1. The molecule has 0 saturated carbocycles. The third-order valence-corrected chi connectivity index (χ3v) is 4.81. The Morgan fingerprint density at radius 3 is 2.77 bits per heavy atom. The van der Waals surface area contributed by atoms with Gasteiger partial charge in [0.2, 0.25) is 5.95 Å². The van der Waals surface area contributed by atoms with E-state index < -0.39 is 16.7 Å². The molecule has 3 rings (SSSR count). The van der Waals surface area contributed by atoms with E-state index in [9.17, 15) is 8.60 Å². The van der Waals surface area contributed by atoms with Gasteiger partial charge >= 0.3 is 0 Å². The number of pyridine rings is 1. The molecule has 0 fully saturated rings. The molecule has 0 bridgehead atoms. The normalized spacial score (nSPS) is 17.4. The van der Waals surface area contributed by atoms with E-state index in [1.54, 1.807) is 6.07 Å². The molecule has 5 nitrogen and oxygen atoms in total. The fourth-order valence-electron chi connectivity index (χ4n) is 2.23. The summed E-state index contributed by atoms with van der Waals surface area (Å²) in [5.74, 6) is 1.16. The topological polar surface area (TPSA) is 67.8 Å². The maximum atomic E-state index is 13.2. The van der Waals surface area contributed by atoms with Crippen LogP contribution >= 0.6 is 0 Å². The first-order valence-corrected chi connectivity index (χ1v) is 8.35. The summed E-state index contributed by atoms with van der Waals surface area (Å²) in [6.07, 6.45) is 2.05. The fourth-order valence-corrected chi connectivity index (χ4v) is 3.54. The van der Waals surface area contributed by atoms with Gasteiger partial charge in [0.25, 0.3) is 0 Å². The van der Waals surface area contributed by atoms with Gasteiger partial charge in [-0.25, -0.2) is 15.0 Å². The Kier molecular flexibility index (Phi) is 3.68. The van der Waals surface area contributed by atoms with Crippen molar-refractivity contribution in [1.29, 1.82) is 0 Å². The quantitative estimate of drug-likeness (QED) is 0.862. The molecule has 0 aromatic carbocycles. The van der Waals surface area contributed by atoms with Gasteiger partial charge in [0.15, 0.2) is 5.82 Å². The SMILES string of the molecule is CC(C)(C)c1nc2c(c(Nc3ccnc(F)c3)n1)S(=O)CC2. The average molecular weight is 320 g/mol. The zero-order valence-corrected chi connectivity index (χ0v) is 13.5. The molecule has 0 saturated heterocycles. The van der Waals surface area contributed by atoms with E-state index in [2.05, 4.69) is 20.3 Å². The average Bonchev–Trinajstić information content (AvgIpc) is 2.80. The number of nitrogens with one attached hydrogen (secondary N) is 1. The van der Waals surface area contributed by atoms with Crippen LogP contribution in [0.25, 0.3) is 0 Å². The first kappa shape index (κ1) is 15.0. The van der Waals surface area contributed by atoms with Crippen LogP contribution in [0.2, 0.25) is 0 Å². The summed E-state index contributed by atoms with van der Waals surface area (Å²) in [7, 11) is -1.12. The van der Waals surface area contributed by atoms with Crippen LogP contribution in [0.15, 0.2) is 23.2 Å². The molecule has 1 unspecified atom stereocenters. The molecule has 116 valence electrons. The first-order valence-electron chi connectivity index (χ1n) is 7.03. The number of fused-ring (bicyclic) bond motifs is 1. The Labute approximate surface area is 130 Å². The van der Waals surface area contributed by atoms with Gasteiger partial charge in [0, 0.05) is 35.5 Å². The summed E-state index contributed by atoms with van der Waals surface area (Å²) in [5.41, 5.74) is 1.12. The number of rotatable bonds is 2. The zero-order chi connectivity index (χ0) is 15.9. The van der Waals surface area contributed by atoms with Crippen molar-refractivity contribution in [2.45, 2.75) is 37.5 Å². The van der Waals surface area contributed by atoms with E-state index in [0.717, 1.165) is 5.69 Å². The monoisotopic (exact) mass is 320 g/mol. The first-order chi connectivity index (χ1) is 10.3. The number of nitrogens with zero attached hydrogens (tertiary/aromatic N) is 3. The van der Waals surface area contributed by atoms with Crippen LogP contribution < -0.4 is 5.32 Å². The Hall–Kier alpha value is -1.89. The second-order valence-electron chi connectivity index (χ2n) is 6.21. The van der Waals surface area contributed by atoms with Crippen LogP contribution in [0, 0.1) is 5.95 Å². The van der Waals surface area contributed by atoms with Crippen LogP contribution in [0.5, 0.6) is 0 Å². The molecule has 0 aliphatic carbocycles. The Bertz CT molecular complexity index is 758. The van der Waals surface area contributed by atoms with Crippen molar-refractivity contribution in [1.82, 2.24) is 15.0 Å². The lowest BCUT2D eigenvalue weighted by Gasteiger charge is -2.19. The molecule has 22 heavy (non-hydrogen) atoms. The van der Waals surface area contributed by atoms with Crippen molar-refractivity contribution >= 4 is 22.3 Å². The molecule has 0 spiro atoms. The highest BCUT2D eigenvalue weighted by Crippen LogP contribution is 2.32. The number of hydrogen-bond acceptors (Lipinski definition) is 5. The molecular formula is C15H17FN4OS. The van der Waals surface area contributed by atoms with Crippen LogP contribution in [-0.2, 0) is 22.6 Å². The predicted octanol–water partition coefficient (Wildman–Crippen LogP) is 2.72. The number of hydrogen-bond donors (Lipinski definition) is 1. The highest BCUT2D eigenvalue weighted by molar-refractivity contribution is 7.85. The molecule has 2 aromatic rings. The second-order valence-corrected chi connectivity index (χ2v) is 7.72. The smallest absolute Gasteiger partial charge is 0.214 e. The van der Waals surface area contributed by atoms with Gasteiger partial charge in [0.1, 0.15) is 10.7 Å². The minimum atomic E-state index is -1.12. The molecule has 1 aliphatic rings. The summed E-state index contributed by atoms with van der Waals surface area (Å²) < 4.78 is 25.5. The largest absolute Gasteiger partial charge is 0.339 e. The van der Waals surface area contributed by atoms with Gasteiger partial charge < -0.3 is 5.32 Å². The van der Waals surface area contributed by atoms with Gasteiger partial charge in [-0.3, -0.25) is 4.21 Å². The maximum absolute atomic E-state index is 13.2. The van der Waals surface area contributed by atoms with Crippen molar-refractivity contribution < 1.29 is 8.60 Å². The zero-order valence-electron chi connectivity index (χ0n) is 12.7. The van der Waals surface area contributed by atoms with E-state index in [-0.39, 0.29) is 5.41 Å². The molecule has 1 atom stereocenters. The summed E-state index contributed by atoms with van der Waals surface area (Å²) in [6, 6.07) is 2.93. The van der Waals surface area contributed by atoms with Crippen molar-refractivity contribution in [3.8, 4) is 0 Å². The van der Waals surface area contributed by atoms with Gasteiger partial charge in [-0.2, -0.15) is 4.39 Å². The molecule has 0 radical (unpaired) electrons. The third-order valence-electron chi connectivity index (χ3n) is 3.35. The molecular weight excluding hydrogens is 303 g/mol. The minimum Gasteiger partial charge on any atom is -0.339 e. The van der Waals surface area contributed by atoms with Gasteiger partial charge in [0.05, 0.1) is 16.5 Å². The van der Waals surface area contributed by atoms with E-state index in [4.69, 9.17) is 0 Å². The van der Waals surface area contributed by atoms with E-state index >= 15 is 0 Å². The number of aromatic nitrogens is 3. The van der Waals surface area contributed by atoms with Crippen molar-refractivity contribution in [3.63, 3.8) is 0 Å². The third kappa shape index (κ3) is 2.85. The molecule has 1 aliphatic heterocycles. The lowest BCUT2D eigenvalue weighted by Crippen LogP contribution is -2.18. The van der Waals surface area contributed by atoms with Crippen molar-refractivity contribution in [2.75, 3.05) is 11.1 Å². The van der Waals surface area contributed by atoms with Gasteiger partial charge in [-0.15, -0.1) is 0 Å². The standard InChI is InChI=1S/C15H17FN4OS/c1-15(2,3)14-19-10-5-7-22(21)12(10)13(20-14)18-9-4-6-17-11(16)8-9/h4,6,8H,5,7H2,1-3H3,(H,17,18,19,20). The minimum absolute atomic E-state index is 0.223. The van der Waals surface area contributed by atoms with Crippen LogP contribution in [0.4, 0.5) is 15.9 Å². The van der Waals surface area contributed by atoms with E-state index in [0.29, 0.717) is 34.4 Å². The predicted molar refractivity (Wildman–Crippen MR) is 83.2 cm³/mol. The van der Waals surface area contributed by atoms with E-state index in [1.165, 1.54) is 12.3 Å². The molecule has 3 heterocycles. The summed E-state index contributed by atoms with van der Waals surface area (Å²) in [5, 5.41) is 3.06. The van der Waals surface area contributed by atoms with E-state index in [1.807, 2.05) is 20.8 Å². The lowest BCUT2D eigenvalue weighted by atomic mass is 9.95. The number of anilines is 2. The van der Waals surface area contributed by atoms with Gasteiger partial charge in [-0.1, -0.05) is 20.8 Å². The fraction of sp³-hybridized carbons (Fsp3) is 0.400. The molecule has 2 aromatic heterocycles. The number of halogens is 1. The second kappa shape index (κ2) is 5.39. The Morgan fingerprint density at radius 1 is 1.32 bits per heavy atom. The maximum Gasteiger partial charge on any atom is 0.214 e. The highest BCUT2D eigenvalue weighted by Gasteiger charge is 2.29. The van der Waals surface area contributed by atoms with Gasteiger partial charge in [-0.05, 0) is 6.07 Å². The van der Waals surface area contributed by atoms with Crippen LogP contribution in [0.1, 0.15) is 32.3 Å². The van der Waals surface area contributed by atoms with Crippen molar-refractivity contribution in [2.24, 2.45) is 0 Å². The molecule has 7 heteroatoms. The molecule has 1 N–H and O–H groups in total.